The number of benzene rings is 1. The summed E-state index contributed by atoms with van der Waals surface area (Å²) in [5.74, 6) is 1.08. The van der Waals surface area contributed by atoms with Gasteiger partial charge in [-0.1, -0.05) is 32.8 Å². The Morgan fingerprint density at radius 2 is 2.00 bits per heavy atom. The lowest BCUT2D eigenvalue weighted by atomic mass is 10.0. The van der Waals surface area contributed by atoms with Crippen LogP contribution in [0.3, 0.4) is 0 Å². The summed E-state index contributed by atoms with van der Waals surface area (Å²) in [7, 11) is 0. The van der Waals surface area contributed by atoms with Crippen molar-refractivity contribution < 1.29 is 9.53 Å². The Hall–Kier alpha value is -1.71. The summed E-state index contributed by atoms with van der Waals surface area (Å²) in [4.78, 5) is 12.4. The Kier molecular flexibility index (Phi) is 7.06. The fourth-order valence-corrected chi connectivity index (χ4v) is 2.27. The highest BCUT2D eigenvalue weighted by Crippen LogP contribution is 2.24. The molecule has 0 aliphatic carbocycles. The van der Waals surface area contributed by atoms with Gasteiger partial charge in [-0.2, -0.15) is 0 Å². The van der Waals surface area contributed by atoms with Gasteiger partial charge in [0.15, 0.2) is 0 Å². The molecule has 0 aromatic heterocycles. The summed E-state index contributed by atoms with van der Waals surface area (Å²) >= 11 is 0. The van der Waals surface area contributed by atoms with E-state index in [2.05, 4.69) is 19.2 Å². The van der Waals surface area contributed by atoms with E-state index in [0.717, 1.165) is 12.8 Å². The normalized spacial score (nSPS) is 12.2. The third-order valence-corrected chi connectivity index (χ3v) is 3.38. The standard InChI is InChI=1S/C17H28N2O2/c1-5-21-15-11-7-10-14(18)16(15)17(20)19-13(4)9-6-8-12(2)3/h7,10-13H,5-6,8-9,18H2,1-4H3,(H,19,20). The maximum Gasteiger partial charge on any atom is 0.257 e. The molecule has 1 aromatic carbocycles. The molecule has 1 rings (SSSR count). The maximum absolute atomic E-state index is 12.4. The predicted molar refractivity (Wildman–Crippen MR) is 87.6 cm³/mol. The van der Waals surface area contributed by atoms with Gasteiger partial charge in [0, 0.05) is 11.7 Å². The largest absolute Gasteiger partial charge is 0.493 e. The van der Waals surface area contributed by atoms with Gasteiger partial charge in [0.25, 0.3) is 5.91 Å². The molecule has 0 saturated carbocycles. The van der Waals surface area contributed by atoms with Crippen LogP contribution in [0, 0.1) is 5.92 Å². The zero-order chi connectivity index (χ0) is 15.8. The second-order valence-electron chi connectivity index (χ2n) is 5.85. The summed E-state index contributed by atoms with van der Waals surface area (Å²) in [6, 6.07) is 5.42. The average molecular weight is 292 g/mol. The summed E-state index contributed by atoms with van der Waals surface area (Å²) in [5, 5.41) is 3.01. The van der Waals surface area contributed by atoms with E-state index in [1.807, 2.05) is 13.8 Å². The van der Waals surface area contributed by atoms with Crippen LogP contribution in [0.15, 0.2) is 18.2 Å². The van der Waals surface area contributed by atoms with Crippen LogP contribution >= 0.6 is 0 Å². The van der Waals surface area contributed by atoms with Gasteiger partial charge in [-0.25, -0.2) is 0 Å². The number of nitrogens with two attached hydrogens (primary N) is 1. The number of hydrogen-bond acceptors (Lipinski definition) is 3. The molecule has 0 saturated heterocycles. The lowest BCUT2D eigenvalue weighted by Crippen LogP contribution is -2.33. The van der Waals surface area contributed by atoms with Crippen LogP contribution in [0.1, 0.15) is 57.3 Å². The Labute approximate surface area is 128 Å². The zero-order valence-electron chi connectivity index (χ0n) is 13.6. The van der Waals surface area contributed by atoms with Crippen molar-refractivity contribution in [3.8, 4) is 5.75 Å². The van der Waals surface area contributed by atoms with E-state index < -0.39 is 0 Å². The third kappa shape index (κ3) is 5.66. The summed E-state index contributed by atoms with van der Waals surface area (Å²) in [6.45, 7) is 8.84. The Balaban J connectivity index is 2.66. The molecular weight excluding hydrogens is 264 g/mol. The molecular formula is C17H28N2O2. The van der Waals surface area contributed by atoms with E-state index in [0.29, 0.717) is 29.5 Å². The van der Waals surface area contributed by atoms with Crippen LogP contribution in [0.25, 0.3) is 0 Å². The molecule has 0 heterocycles. The van der Waals surface area contributed by atoms with E-state index >= 15 is 0 Å². The predicted octanol–water partition coefficient (Wildman–Crippen LogP) is 3.61. The lowest BCUT2D eigenvalue weighted by Gasteiger charge is -2.17. The highest BCUT2D eigenvalue weighted by molar-refractivity contribution is 6.02. The van der Waals surface area contributed by atoms with Crippen molar-refractivity contribution in [2.45, 2.75) is 53.0 Å². The lowest BCUT2D eigenvalue weighted by molar-refractivity contribution is 0.0935. The fourth-order valence-electron chi connectivity index (χ4n) is 2.27. The molecule has 1 atom stereocenters. The van der Waals surface area contributed by atoms with Crippen molar-refractivity contribution >= 4 is 11.6 Å². The van der Waals surface area contributed by atoms with Crippen molar-refractivity contribution in [1.29, 1.82) is 0 Å². The van der Waals surface area contributed by atoms with Crippen LogP contribution < -0.4 is 15.8 Å². The van der Waals surface area contributed by atoms with Crippen LogP contribution in [-0.4, -0.2) is 18.6 Å². The van der Waals surface area contributed by atoms with Crippen molar-refractivity contribution in [2.75, 3.05) is 12.3 Å². The number of anilines is 1. The SMILES string of the molecule is CCOc1cccc(N)c1C(=O)NC(C)CCCC(C)C. The van der Waals surface area contributed by atoms with Gasteiger partial charge >= 0.3 is 0 Å². The first-order valence-corrected chi connectivity index (χ1v) is 7.77. The second-order valence-corrected chi connectivity index (χ2v) is 5.85. The molecule has 0 spiro atoms. The van der Waals surface area contributed by atoms with Crippen molar-refractivity contribution in [1.82, 2.24) is 5.32 Å². The first-order chi connectivity index (χ1) is 9.95. The molecule has 4 heteroatoms. The molecule has 1 aromatic rings. The molecule has 0 bridgehead atoms. The quantitative estimate of drug-likeness (QED) is 0.719. The van der Waals surface area contributed by atoms with Gasteiger partial charge in [-0.3, -0.25) is 4.79 Å². The van der Waals surface area contributed by atoms with E-state index in [-0.39, 0.29) is 11.9 Å². The summed E-state index contributed by atoms with van der Waals surface area (Å²) < 4.78 is 5.49. The number of rotatable bonds is 8. The Morgan fingerprint density at radius 3 is 2.62 bits per heavy atom. The van der Waals surface area contributed by atoms with E-state index in [1.54, 1.807) is 18.2 Å². The number of carbonyl (C=O) groups is 1. The van der Waals surface area contributed by atoms with Gasteiger partial charge in [0.05, 0.1) is 6.61 Å². The number of nitrogen functional groups attached to an aromatic ring is 1. The molecule has 0 fully saturated rings. The summed E-state index contributed by atoms with van der Waals surface area (Å²) in [6.07, 6.45) is 3.26. The third-order valence-electron chi connectivity index (χ3n) is 3.38. The van der Waals surface area contributed by atoms with E-state index in [1.165, 1.54) is 6.42 Å². The Bertz CT molecular complexity index is 458. The minimum Gasteiger partial charge on any atom is -0.493 e. The van der Waals surface area contributed by atoms with Crippen molar-refractivity contribution in [2.24, 2.45) is 5.92 Å². The highest BCUT2D eigenvalue weighted by atomic mass is 16.5. The number of hydrogen-bond donors (Lipinski definition) is 2. The second kappa shape index (κ2) is 8.55. The minimum atomic E-state index is -0.159. The molecule has 1 amide bonds. The fraction of sp³-hybridized carbons (Fsp3) is 0.588. The number of nitrogens with one attached hydrogen (secondary N) is 1. The molecule has 0 aliphatic rings. The first-order valence-electron chi connectivity index (χ1n) is 7.77. The van der Waals surface area contributed by atoms with Gasteiger partial charge in [0.1, 0.15) is 11.3 Å². The number of ether oxygens (including phenoxy) is 1. The van der Waals surface area contributed by atoms with Crippen molar-refractivity contribution in [3.05, 3.63) is 23.8 Å². The highest BCUT2D eigenvalue weighted by Gasteiger charge is 2.17. The van der Waals surface area contributed by atoms with Gasteiger partial charge in [-0.05, 0) is 38.3 Å². The molecule has 1 unspecified atom stereocenters. The minimum absolute atomic E-state index is 0.130. The topological polar surface area (TPSA) is 64.3 Å². The van der Waals surface area contributed by atoms with Gasteiger partial charge in [-0.15, -0.1) is 0 Å². The molecule has 21 heavy (non-hydrogen) atoms. The van der Waals surface area contributed by atoms with E-state index in [4.69, 9.17) is 10.5 Å². The smallest absolute Gasteiger partial charge is 0.257 e. The maximum atomic E-state index is 12.4. The number of amides is 1. The molecule has 3 N–H and O–H groups in total. The van der Waals surface area contributed by atoms with Crippen molar-refractivity contribution in [3.63, 3.8) is 0 Å². The van der Waals surface area contributed by atoms with Crippen LogP contribution in [-0.2, 0) is 0 Å². The number of carbonyl (C=O) groups excluding carboxylic acids is 1. The molecule has 0 aliphatic heterocycles. The molecule has 4 nitrogen and oxygen atoms in total. The van der Waals surface area contributed by atoms with Crippen LogP contribution in [0.4, 0.5) is 5.69 Å². The van der Waals surface area contributed by atoms with Crippen LogP contribution in [0.5, 0.6) is 5.75 Å². The van der Waals surface area contributed by atoms with E-state index in [9.17, 15) is 4.79 Å². The monoisotopic (exact) mass is 292 g/mol. The first kappa shape index (κ1) is 17.3. The Morgan fingerprint density at radius 1 is 1.29 bits per heavy atom. The molecule has 0 radical (unpaired) electrons. The average Bonchev–Trinajstić information content (AvgIpc) is 2.38. The molecule has 118 valence electrons. The zero-order valence-corrected chi connectivity index (χ0v) is 13.6. The van der Waals surface area contributed by atoms with Gasteiger partial charge in [0.2, 0.25) is 0 Å². The van der Waals surface area contributed by atoms with Crippen LogP contribution in [0.2, 0.25) is 0 Å². The summed E-state index contributed by atoms with van der Waals surface area (Å²) in [5.41, 5.74) is 6.82. The van der Waals surface area contributed by atoms with Gasteiger partial charge < -0.3 is 15.8 Å².